The first-order valence-corrected chi connectivity index (χ1v) is 11.7. The second-order valence-electron chi connectivity index (χ2n) is 7.95. The lowest BCUT2D eigenvalue weighted by molar-refractivity contribution is -0.124. The maximum Gasteiger partial charge on any atom is 0.267 e. The second kappa shape index (κ2) is 8.98. The molecule has 1 amide bonds. The molecule has 4 nitrogen and oxygen atoms in total. The van der Waals surface area contributed by atoms with Crippen LogP contribution in [0.4, 0.5) is 5.69 Å². The molecule has 1 aliphatic carbocycles. The summed E-state index contributed by atoms with van der Waals surface area (Å²) in [7, 11) is 0. The molecular weight excluding hydrogens is 402 g/mol. The molecule has 0 atom stereocenters. The van der Waals surface area contributed by atoms with Crippen molar-refractivity contribution < 1.29 is 4.79 Å². The molecule has 1 saturated carbocycles. The predicted molar refractivity (Wildman–Crippen MR) is 129 cm³/mol. The van der Waals surface area contributed by atoms with Crippen molar-refractivity contribution in [1.29, 1.82) is 0 Å². The Morgan fingerprint density at radius 1 is 0.871 bits per heavy atom. The van der Waals surface area contributed by atoms with Crippen molar-refractivity contribution in [3.8, 4) is 5.69 Å². The number of thioether (sulfide) groups is 1. The van der Waals surface area contributed by atoms with Crippen LogP contribution in [0.3, 0.4) is 0 Å². The molecule has 1 aromatic heterocycles. The second-order valence-corrected chi connectivity index (χ2v) is 8.96. The number of hydrogen-bond acceptors (Lipinski definition) is 3. The van der Waals surface area contributed by atoms with Crippen molar-refractivity contribution in [3.63, 3.8) is 0 Å². The summed E-state index contributed by atoms with van der Waals surface area (Å²) in [5, 5.41) is 0.798. The van der Waals surface area contributed by atoms with Gasteiger partial charge in [0.25, 0.3) is 5.91 Å². The molecule has 156 valence electrons. The van der Waals surface area contributed by atoms with Crippen LogP contribution in [0.2, 0.25) is 0 Å². The normalized spacial score (nSPS) is 20.1. The summed E-state index contributed by atoms with van der Waals surface area (Å²) in [6.45, 7) is 0. The fourth-order valence-electron chi connectivity index (χ4n) is 4.31. The number of nitrogens with zero attached hydrogens (tertiary/aromatic N) is 3. The minimum absolute atomic E-state index is 0.0763. The molecule has 2 fully saturated rings. The number of para-hydroxylation sites is 2. The minimum Gasteiger partial charge on any atom is -0.317 e. The Kier molecular flexibility index (Phi) is 5.76. The highest BCUT2D eigenvalue weighted by atomic mass is 32.2. The van der Waals surface area contributed by atoms with E-state index in [0.717, 1.165) is 40.0 Å². The van der Waals surface area contributed by atoms with Gasteiger partial charge in [0.15, 0.2) is 5.17 Å². The van der Waals surface area contributed by atoms with Crippen LogP contribution in [0.25, 0.3) is 11.8 Å². The van der Waals surface area contributed by atoms with Crippen LogP contribution >= 0.6 is 11.8 Å². The molecule has 5 heteroatoms. The van der Waals surface area contributed by atoms with Gasteiger partial charge in [0, 0.05) is 23.6 Å². The van der Waals surface area contributed by atoms with Crippen molar-refractivity contribution >= 4 is 34.6 Å². The standard InChI is InChI=1S/C26H25N3OS/c30-25-24(19-23-17-10-18-28(23)21-13-6-2-7-14-21)31-26(27-20-11-4-1-5-12-20)29(25)22-15-8-3-9-16-22/h1-2,4-7,10-14,17-19,22H,3,8-9,15-16H2/b24-19-,27-26?. The molecular formula is C26H25N3OS. The van der Waals surface area contributed by atoms with E-state index >= 15 is 0 Å². The van der Waals surface area contributed by atoms with Crippen LogP contribution < -0.4 is 0 Å². The molecule has 0 spiro atoms. The predicted octanol–water partition coefficient (Wildman–Crippen LogP) is 6.41. The Morgan fingerprint density at radius 3 is 2.32 bits per heavy atom. The van der Waals surface area contributed by atoms with E-state index in [1.165, 1.54) is 31.0 Å². The van der Waals surface area contributed by atoms with Crippen LogP contribution in [0, 0.1) is 0 Å². The number of carbonyl (C=O) groups excluding carboxylic acids is 1. The number of amides is 1. The quantitative estimate of drug-likeness (QED) is 0.451. The Hall–Kier alpha value is -3.05. The van der Waals surface area contributed by atoms with Crippen molar-refractivity contribution in [3.05, 3.63) is 89.6 Å². The third-order valence-electron chi connectivity index (χ3n) is 5.85. The molecule has 0 N–H and O–H groups in total. The van der Waals surface area contributed by atoms with Gasteiger partial charge in [0.05, 0.1) is 10.6 Å². The Morgan fingerprint density at radius 2 is 1.58 bits per heavy atom. The molecule has 2 aliphatic rings. The van der Waals surface area contributed by atoms with Gasteiger partial charge in [-0.05, 0) is 67.1 Å². The van der Waals surface area contributed by atoms with E-state index in [9.17, 15) is 4.79 Å². The Labute approximate surface area is 187 Å². The van der Waals surface area contributed by atoms with E-state index in [-0.39, 0.29) is 11.9 Å². The summed E-state index contributed by atoms with van der Waals surface area (Å²) < 4.78 is 2.11. The fourth-order valence-corrected chi connectivity index (χ4v) is 5.35. The van der Waals surface area contributed by atoms with Crippen molar-refractivity contribution in [2.75, 3.05) is 0 Å². The molecule has 2 heterocycles. The maximum atomic E-state index is 13.5. The zero-order valence-electron chi connectivity index (χ0n) is 17.4. The number of hydrogen-bond donors (Lipinski definition) is 0. The number of carbonyl (C=O) groups is 1. The van der Waals surface area contributed by atoms with Gasteiger partial charge in [-0.15, -0.1) is 0 Å². The SMILES string of the molecule is O=C1/C(=C/c2cccn2-c2ccccc2)SC(=Nc2ccccc2)N1C1CCCCC1. The highest BCUT2D eigenvalue weighted by Gasteiger charge is 2.38. The smallest absolute Gasteiger partial charge is 0.267 e. The minimum atomic E-state index is 0.0763. The van der Waals surface area contributed by atoms with Gasteiger partial charge in [-0.3, -0.25) is 9.69 Å². The van der Waals surface area contributed by atoms with Gasteiger partial charge in [0.1, 0.15) is 0 Å². The van der Waals surface area contributed by atoms with E-state index in [1.807, 2.05) is 77.8 Å². The van der Waals surface area contributed by atoms with Gasteiger partial charge >= 0.3 is 0 Å². The lowest BCUT2D eigenvalue weighted by Gasteiger charge is -2.30. The summed E-state index contributed by atoms with van der Waals surface area (Å²) in [6.07, 6.45) is 9.74. The van der Waals surface area contributed by atoms with E-state index in [1.54, 1.807) is 0 Å². The summed E-state index contributed by atoms with van der Waals surface area (Å²) in [5.41, 5.74) is 2.95. The molecule has 5 rings (SSSR count). The summed E-state index contributed by atoms with van der Waals surface area (Å²) in [5.74, 6) is 0.0763. The van der Waals surface area contributed by atoms with E-state index in [4.69, 9.17) is 4.99 Å². The van der Waals surface area contributed by atoms with Gasteiger partial charge in [-0.25, -0.2) is 4.99 Å². The highest BCUT2D eigenvalue weighted by molar-refractivity contribution is 8.18. The van der Waals surface area contributed by atoms with Gasteiger partial charge in [-0.1, -0.05) is 55.7 Å². The number of aromatic nitrogens is 1. The monoisotopic (exact) mass is 427 g/mol. The van der Waals surface area contributed by atoms with Crippen LogP contribution in [0.5, 0.6) is 0 Å². The third kappa shape index (κ3) is 4.23. The van der Waals surface area contributed by atoms with Crippen LogP contribution in [0.15, 0.2) is 88.9 Å². The largest absolute Gasteiger partial charge is 0.317 e. The zero-order valence-corrected chi connectivity index (χ0v) is 18.2. The maximum absolute atomic E-state index is 13.5. The van der Waals surface area contributed by atoms with Gasteiger partial charge < -0.3 is 4.57 Å². The third-order valence-corrected chi connectivity index (χ3v) is 6.83. The summed E-state index contributed by atoms with van der Waals surface area (Å²) in [6, 6.07) is 24.4. The molecule has 1 saturated heterocycles. The zero-order chi connectivity index (χ0) is 21.0. The topological polar surface area (TPSA) is 37.6 Å². The first kappa shape index (κ1) is 19.9. The van der Waals surface area contributed by atoms with E-state index in [0.29, 0.717) is 0 Å². The first-order chi connectivity index (χ1) is 15.3. The number of amidine groups is 1. The fraction of sp³-hybridized carbons (Fsp3) is 0.231. The number of benzene rings is 2. The van der Waals surface area contributed by atoms with Crippen molar-refractivity contribution in [2.45, 2.75) is 38.1 Å². The Bertz CT molecular complexity index is 1110. The number of rotatable bonds is 4. The van der Waals surface area contributed by atoms with Crippen molar-refractivity contribution in [1.82, 2.24) is 9.47 Å². The van der Waals surface area contributed by atoms with Crippen LogP contribution in [-0.2, 0) is 4.79 Å². The lowest BCUT2D eigenvalue weighted by Crippen LogP contribution is -2.40. The van der Waals surface area contributed by atoms with Gasteiger partial charge in [0.2, 0.25) is 0 Å². The van der Waals surface area contributed by atoms with E-state index < -0.39 is 0 Å². The molecule has 0 bridgehead atoms. The van der Waals surface area contributed by atoms with Crippen LogP contribution in [-0.4, -0.2) is 26.6 Å². The molecule has 0 radical (unpaired) electrons. The average Bonchev–Trinajstić information content (AvgIpc) is 3.40. The average molecular weight is 428 g/mol. The molecule has 0 unspecified atom stereocenters. The van der Waals surface area contributed by atoms with Crippen molar-refractivity contribution in [2.24, 2.45) is 4.99 Å². The molecule has 31 heavy (non-hydrogen) atoms. The van der Waals surface area contributed by atoms with E-state index in [2.05, 4.69) is 16.7 Å². The summed E-state index contributed by atoms with van der Waals surface area (Å²) >= 11 is 1.49. The molecule has 2 aromatic carbocycles. The van der Waals surface area contributed by atoms with Crippen LogP contribution in [0.1, 0.15) is 37.8 Å². The molecule has 3 aromatic rings. The number of aliphatic imine (C=N–C) groups is 1. The molecule has 1 aliphatic heterocycles. The summed E-state index contributed by atoms with van der Waals surface area (Å²) in [4.78, 5) is 21.1. The lowest BCUT2D eigenvalue weighted by atomic mass is 9.94. The first-order valence-electron chi connectivity index (χ1n) is 10.9. The van der Waals surface area contributed by atoms with Gasteiger partial charge in [-0.2, -0.15) is 0 Å². The Balaban J connectivity index is 1.51. The highest BCUT2D eigenvalue weighted by Crippen LogP contribution is 2.38.